The van der Waals surface area contributed by atoms with Crippen LogP contribution in [0.2, 0.25) is 10.0 Å². The molecular weight excluding hydrogens is 431 g/mol. The predicted molar refractivity (Wildman–Crippen MR) is 117 cm³/mol. The van der Waals surface area contributed by atoms with Crippen LogP contribution in [0.3, 0.4) is 0 Å². The molecule has 4 aromatic rings. The molecule has 1 amide bonds. The van der Waals surface area contributed by atoms with Crippen LogP contribution in [0.1, 0.15) is 10.4 Å². The minimum Gasteiger partial charge on any atom is -0.434 e. The Bertz CT molecular complexity index is 1210. The highest BCUT2D eigenvalue weighted by Gasteiger charge is 2.15. The molecule has 0 aliphatic rings. The molecule has 0 aliphatic heterocycles. The van der Waals surface area contributed by atoms with Gasteiger partial charge in [-0.15, -0.1) is 0 Å². The van der Waals surface area contributed by atoms with E-state index < -0.39 is 5.91 Å². The molecule has 0 saturated carbocycles. The highest BCUT2D eigenvalue weighted by atomic mass is 35.5. The van der Waals surface area contributed by atoms with Crippen LogP contribution in [0.4, 0.5) is 5.69 Å². The van der Waals surface area contributed by atoms with E-state index in [1.54, 1.807) is 60.8 Å². The van der Waals surface area contributed by atoms with Crippen LogP contribution < -0.4 is 10.6 Å². The van der Waals surface area contributed by atoms with Crippen molar-refractivity contribution >= 4 is 63.4 Å². The van der Waals surface area contributed by atoms with Gasteiger partial charge in [0.25, 0.3) is 5.91 Å². The van der Waals surface area contributed by atoms with E-state index in [-0.39, 0.29) is 5.11 Å². The number of carbonyl (C=O) groups excluding carboxylic acids is 1. The van der Waals surface area contributed by atoms with E-state index >= 15 is 0 Å². The number of aromatic nitrogens is 2. The van der Waals surface area contributed by atoms with Gasteiger partial charge in [0.1, 0.15) is 0 Å². The van der Waals surface area contributed by atoms with Gasteiger partial charge >= 0.3 is 0 Å². The van der Waals surface area contributed by atoms with Crippen molar-refractivity contribution in [2.45, 2.75) is 0 Å². The highest BCUT2D eigenvalue weighted by Crippen LogP contribution is 2.31. The maximum absolute atomic E-state index is 12.3. The largest absolute Gasteiger partial charge is 0.434 e. The van der Waals surface area contributed by atoms with Crippen molar-refractivity contribution in [1.29, 1.82) is 0 Å². The third-order valence-electron chi connectivity index (χ3n) is 3.97. The van der Waals surface area contributed by atoms with Gasteiger partial charge in [-0.25, -0.2) is 4.98 Å². The molecular formula is C20H12Cl2N4O2S. The first-order valence-corrected chi connectivity index (χ1v) is 9.56. The number of hydrogen-bond donors (Lipinski definition) is 2. The van der Waals surface area contributed by atoms with Gasteiger partial charge in [-0.05, 0) is 54.7 Å². The zero-order valence-electron chi connectivity index (χ0n) is 14.6. The number of hydrogen-bond acceptors (Lipinski definition) is 5. The van der Waals surface area contributed by atoms with Gasteiger partial charge in [-0.1, -0.05) is 35.3 Å². The summed E-state index contributed by atoms with van der Waals surface area (Å²) in [6.45, 7) is 0. The number of anilines is 1. The van der Waals surface area contributed by atoms with E-state index in [1.165, 1.54) is 0 Å². The fourth-order valence-electron chi connectivity index (χ4n) is 2.63. The van der Waals surface area contributed by atoms with Gasteiger partial charge in [0.05, 0.1) is 21.2 Å². The van der Waals surface area contributed by atoms with Crippen LogP contribution in [0.5, 0.6) is 0 Å². The monoisotopic (exact) mass is 442 g/mol. The molecule has 2 N–H and O–H groups in total. The molecule has 2 aromatic heterocycles. The van der Waals surface area contributed by atoms with Crippen molar-refractivity contribution in [2.75, 3.05) is 5.32 Å². The quantitative estimate of drug-likeness (QED) is 0.417. The topological polar surface area (TPSA) is 80.0 Å². The Morgan fingerprint density at radius 1 is 1.03 bits per heavy atom. The first-order chi connectivity index (χ1) is 14.0. The average molecular weight is 443 g/mol. The van der Waals surface area contributed by atoms with Crippen molar-refractivity contribution in [3.05, 3.63) is 76.4 Å². The van der Waals surface area contributed by atoms with Gasteiger partial charge in [-0.2, -0.15) is 4.98 Å². The molecule has 0 unspecified atom stereocenters. The van der Waals surface area contributed by atoms with E-state index in [0.717, 1.165) is 0 Å². The van der Waals surface area contributed by atoms with E-state index in [2.05, 4.69) is 20.6 Å². The van der Waals surface area contributed by atoms with E-state index in [9.17, 15) is 4.79 Å². The normalized spacial score (nSPS) is 10.7. The van der Waals surface area contributed by atoms with Gasteiger partial charge in [0.15, 0.2) is 16.3 Å². The molecule has 0 bridgehead atoms. The standard InChI is InChI=1S/C20H12Cl2N4O2S/c21-14-5-2-1-4-12(14)18(27)26-20(29)24-11-7-8-15(22)13(10-11)19-25-17-16(28-19)6-3-9-23-17/h1-10H,(H2,24,26,27,29). The zero-order chi connectivity index (χ0) is 20.4. The number of rotatable bonds is 3. The molecule has 0 saturated heterocycles. The summed E-state index contributed by atoms with van der Waals surface area (Å²) in [6.07, 6.45) is 1.63. The van der Waals surface area contributed by atoms with Gasteiger partial charge in [0.2, 0.25) is 5.89 Å². The zero-order valence-corrected chi connectivity index (χ0v) is 17.0. The molecule has 0 aliphatic carbocycles. The minimum absolute atomic E-state index is 0.113. The van der Waals surface area contributed by atoms with E-state index in [0.29, 0.717) is 44.0 Å². The summed E-state index contributed by atoms with van der Waals surface area (Å²) in [7, 11) is 0. The SMILES string of the molecule is O=C(NC(=S)Nc1ccc(Cl)c(-c2nc3ncccc3o2)c1)c1ccccc1Cl. The molecule has 144 valence electrons. The minimum atomic E-state index is -0.410. The second kappa shape index (κ2) is 8.16. The summed E-state index contributed by atoms with van der Waals surface area (Å²) in [5, 5.41) is 6.45. The van der Waals surface area contributed by atoms with Crippen LogP contribution in [-0.2, 0) is 0 Å². The van der Waals surface area contributed by atoms with E-state index in [1.807, 2.05) is 0 Å². The fourth-order valence-corrected chi connectivity index (χ4v) is 3.26. The number of halogens is 2. The van der Waals surface area contributed by atoms with Gasteiger partial charge in [-0.3, -0.25) is 10.1 Å². The fraction of sp³-hybridized carbons (Fsp3) is 0. The number of fused-ring (bicyclic) bond motifs is 1. The Morgan fingerprint density at radius 3 is 2.66 bits per heavy atom. The number of nitrogens with zero attached hydrogens (tertiary/aromatic N) is 2. The van der Waals surface area contributed by atoms with E-state index in [4.69, 9.17) is 39.8 Å². The third kappa shape index (κ3) is 4.22. The van der Waals surface area contributed by atoms with Crippen LogP contribution in [0.25, 0.3) is 22.7 Å². The molecule has 2 aromatic carbocycles. The number of amides is 1. The molecule has 0 fully saturated rings. The van der Waals surface area contributed by atoms with Crippen molar-refractivity contribution in [3.63, 3.8) is 0 Å². The number of carbonyl (C=O) groups is 1. The Labute approximate surface area is 180 Å². The number of pyridine rings is 1. The van der Waals surface area contributed by atoms with Crippen molar-refractivity contribution < 1.29 is 9.21 Å². The van der Waals surface area contributed by atoms with Gasteiger partial charge in [0, 0.05) is 11.9 Å². The molecule has 0 spiro atoms. The summed E-state index contributed by atoms with van der Waals surface area (Å²) in [6, 6.07) is 15.4. The molecule has 2 heterocycles. The summed E-state index contributed by atoms with van der Waals surface area (Å²) in [5.41, 5.74) is 2.53. The predicted octanol–water partition coefficient (Wildman–Crippen LogP) is 5.32. The summed E-state index contributed by atoms with van der Waals surface area (Å²) in [5.74, 6) is -0.0781. The second-order valence-electron chi connectivity index (χ2n) is 5.93. The highest BCUT2D eigenvalue weighted by molar-refractivity contribution is 7.80. The van der Waals surface area contributed by atoms with Crippen LogP contribution in [0.15, 0.2) is 65.2 Å². The first-order valence-electron chi connectivity index (χ1n) is 8.39. The lowest BCUT2D eigenvalue weighted by Gasteiger charge is -2.11. The summed E-state index contributed by atoms with van der Waals surface area (Å²) >= 11 is 17.6. The molecule has 0 radical (unpaired) electrons. The maximum atomic E-state index is 12.3. The molecule has 6 nitrogen and oxygen atoms in total. The summed E-state index contributed by atoms with van der Waals surface area (Å²) < 4.78 is 5.73. The molecule has 29 heavy (non-hydrogen) atoms. The van der Waals surface area contributed by atoms with Crippen LogP contribution in [-0.4, -0.2) is 21.0 Å². The Balaban J connectivity index is 1.53. The molecule has 4 rings (SSSR count). The first kappa shape index (κ1) is 19.3. The number of oxazole rings is 1. The maximum Gasteiger partial charge on any atom is 0.258 e. The lowest BCUT2D eigenvalue weighted by Crippen LogP contribution is -2.34. The molecule has 9 heteroatoms. The Hall–Kier alpha value is -3.00. The number of thiocarbonyl (C=S) groups is 1. The third-order valence-corrected chi connectivity index (χ3v) is 4.83. The van der Waals surface area contributed by atoms with Crippen LogP contribution >= 0.6 is 35.4 Å². The summed E-state index contributed by atoms with van der Waals surface area (Å²) in [4.78, 5) is 20.8. The lowest BCUT2D eigenvalue weighted by atomic mass is 10.2. The van der Waals surface area contributed by atoms with Crippen LogP contribution in [0, 0.1) is 0 Å². The second-order valence-corrected chi connectivity index (χ2v) is 7.15. The van der Waals surface area contributed by atoms with Crippen molar-refractivity contribution in [3.8, 4) is 11.5 Å². The lowest BCUT2D eigenvalue weighted by molar-refractivity contribution is 0.0978. The smallest absolute Gasteiger partial charge is 0.258 e. The Morgan fingerprint density at radius 2 is 1.86 bits per heavy atom. The molecule has 0 atom stereocenters. The van der Waals surface area contributed by atoms with Crippen molar-refractivity contribution in [1.82, 2.24) is 15.3 Å². The number of benzene rings is 2. The average Bonchev–Trinajstić information content (AvgIpc) is 3.13. The van der Waals surface area contributed by atoms with Gasteiger partial charge < -0.3 is 9.73 Å². The Kier molecular flexibility index (Phi) is 5.44. The van der Waals surface area contributed by atoms with Crippen molar-refractivity contribution in [2.24, 2.45) is 0 Å². The number of nitrogens with one attached hydrogen (secondary N) is 2.